The molecule has 2 amide bonds. The summed E-state index contributed by atoms with van der Waals surface area (Å²) in [5.41, 5.74) is 3.54. The largest absolute Gasteiger partial charge is 0.497 e. The average Bonchev–Trinajstić information content (AvgIpc) is 2.67. The summed E-state index contributed by atoms with van der Waals surface area (Å²) in [5, 5.41) is 7.74. The third-order valence-electron chi connectivity index (χ3n) is 4.26. The van der Waals surface area contributed by atoms with E-state index in [1.165, 1.54) is 16.7 Å². The molecule has 4 heteroatoms. The monoisotopic (exact) mass is 334 g/mol. The molecule has 0 atom stereocenters. The van der Waals surface area contributed by atoms with Gasteiger partial charge in [0.15, 0.2) is 0 Å². The number of ether oxygens (including phenoxy) is 1. The van der Waals surface area contributed by atoms with Gasteiger partial charge in [0.25, 0.3) is 0 Å². The highest BCUT2D eigenvalue weighted by Crippen LogP contribution is 2.30. The maximum Gasteiger partial charge on any atom is 0.314 e. The molecule has 2 N–H and O–H groups in total. The van der Waals surface area contributed by atoms with E-state index in [9.17, 15) is 4.79 Å². The van der Waals surface area contributed by atoms with Crippen LogP contribution >= 0.6 is 0 Å². The molecule has 0 bridgehead atoms. The van der Waals surface area contributed by atoms with E-state index >= 15 is 0 Å². The van der Waals surface area contributed by atoms with Gasteiger partial charge < -0.3 is 15.4 Å². The zero-order valence-electron chi connectivity index (χ0n) is 14.5. The van der Waals surface area contributed by atoms with Crippen molar-refractivity contribution in [1.82, 2.24) is 10.6 Å². The molecule has 0 spiro atoms. The Kier molecular flexibility index (Phi) is 5.19. The summed E-state index contributed by atoms with van der Waals surface area (Å²) < 4.78 is 5.37. The number of rotatable bonds is 5. The fraction of sp³-hybridized carbons (Fsp3) is 0.190. The third kappa shape index (κ3) is 3.91. The Hall–Kier alpha value is -3.01. The molecule has 0 aliphatic heterocycles. The number of nitrogens with one attached hydrogen (secondary N) is 2. The number of hydrogen-bond acceptors (Lipinski definition) is 2. The molecular weight excluding hydrogens is 312 g/mol. The van der Waals surface area contributed by atoms with Crippen LogP contribution in [0.4, 0.5) is 4.79 Å². The van der Waals surface area contributed by atoms with Gasteiger partial charge >= 0.3 is 6.03 Å². The maximum absolute atomic E-state index is 11.4. The second kappa shape index (κ2) is 7.71. The lowest BCUT2D eigenvalue weighted by atomic mass is 9.95. The van der Waals surface area contributed by atoms with Crippen molar-refractivity contribution in [3.8, 4) is 16.9 Å². The summed E-state index contributed by atoms with van der Waals surface area (Å²) in [6, 6.07) is 20.7. The lowest BCUT2D eigenvalue weighted by Crippen LogP contribution is -2.34. The van der Waals surface area contributed by atoms with E-state index in [0.717, 1.165) is 22.9 Å². The third-order valence-corrected chi connectivity index (χ3v) is 4.26. The maximum atomic E-state index is 11.4. The number of urea groups is 1. The Bertz CT molecular complexity index is 876. The van der Waals surface area contributed by atoms with Crippen LogP contribution in [0, 0.1) is 0 Å². The molecule has 3 aromatic carbocycles. The smallest absolute Gasteiger partial charge is 0.314 e. The highest BCUT2D eigenvalue weighted by molar-refractivity contribution is 5.91. The number of carbonyl (C=O) groups excluding carboxylic acids is 1. The first-order valence-electron chi connectivity index (χ1n) is 8.33. The number of amides is 2. The number of benzene rings is 3. The highest BCUT2D eigenvalue weighted by Gasteiger charge is 2.08. The highest BCUT2D eigenvalue weighted by atomic mass is 16.5. The SMILES string of the molecule is CNC(=O)NCCc1cc(-c2ccccc2)cc2ccc(OC)cc12. The first kappa shape index (κ1) is 16.8. The zero-order chi connectivity index (χ0) is 17.6. The van der Waals surface area contributed by atoms with Crippen molar-refractivity contribution < 1.29 is 9.53 Å². The molecule has 0 aromatic heterocycles. The molecule has 128 valence electrons. The number of carbonyl (C=O) groups is 1. The Morgan fingerprint density at radius 1 is 1.00 bits per heavy atom. The van der Waals surface area contributed by atoms with Gasteiger partial charge in [-0.3, -0.25) is 0 Å². The molecule has 0 radical (unpaired) electrons. The molecule has 0 saturated carbocycles. The van der Waals surface area contributed by atoms with E-state index < -0.39 is 0 Å². The Morgan fingerprint density at radius 3 is 2.52 bits per heavy atom. The normalized spacial score (nSPS) is 10.5. The van der Waals surface area contributed by atoms with E-state index in [-0.39, 0.29) is 6.03 Å². The zero-order valence-corrected chi connectivity index (χ0v) is 14.5. The van der Waals surface area contributed by atoms with Crippen LogP contribution in [0.25, 0.3) is 21.9 Å². The van der Waals surface area contributed by atoms with Crippen molar-refractivity contribution in [3.05, 3.63) is 66.2 Å². The minimum atomic E-state index is -0.166. The van der Waals surface area contributed by atoms with Gasteiger partial charge in [-0.15, -0.1) is 0 Å². The summed E-state index contributed by atoms with van der Waals surface area (Å²) in [4.78, 5) is 11.4. The van der Waals surface area contributed by atoms with E-state index in [4.69, 9.17) is 4.74 Å². The van der Waals surface area contributed by atoms with E-state index in [1.807, 2.05) is 24.3 Å². The van der Waals surface area contributed by atoms with Gasteiger partial charge in [0.1, 0.15) is 5.75 Å². The molecule has 0 heterocycles. The van der Waals surface area contributed by atoms with Gasteiger partial charge in [-0.2, -0.15) is 0 Å². The van der Waals surface area contributed by atoms with Gasteiger partial charge in [0.05, 0.1) is 7.11 Å². The second-order valence-corrected chi connectivity index (χ2v) is 5.84. The first-order chi connectivity index (χ1) is 12.2. The van der Waals surface area contributed by atoms with Crippen LogP contribution in [0.5, 0.6) is 5.75 Å². The van der Waals surface area contributed by atoms with Crippen LogP contribution < -0.4 is 15.4 Å². The van der Waals surface area contributed by atoms with Crippen LogP contribution in [0.1, 0.15) is 5.56 Å². The fourth-order valence-electron chi connectivity index (χ4n) is 2.94. The Morgan fingerprint density at radius 2 is 1.80 bits per heavy atom. The minimum absolute atomic E-state index is 0.166. The number of fused-ring (bicyclic) bond motifs is 1. The fourth-order valence-corrected chi connectivity index (χ4v) is 2.94. The van der Waals surface area contributed by atoms with E-state index in [1.54, 1.807) is 14.2 Å². The van der Waals surface area contributed by atoms with Crippen molar-refractivity contribution in [3.63, 3.8) is 0 Å². The van der Waals surface area contributed by atoms with Crippen molar-refractivity contribution in [1.29, 1.82) is 0 Å². The Balaban J connectivity index is 2.01. The van der Waals surface area contributed by atoms with Gasteiger partial charge in [-0.05, 0) is 52.1 Å². The molecule has 0 fully saturated rings. The molecule has 3 rings (SSSR count). The van der Waals surface area contributed by atoms with Crippen molar-refractivity contribution in [2.24, 2.45) is 0 Å². The molecule has 0 aliphatic carbocycles. The molecule has 3 aromatic rings. The standard InChI is InChI=1S/C21H22N2O2/c1-22-21(24)23-11-10-17-13-18(15-6-4-3-5-7-15)12-16-8-9-19(25-2)14-20(16)17/h3-9,12-14H,10-11H2,1-2H3,(H2,22,23,24). The van der Waals surface area contributed by atoms with Crippen LogP contribution in [-0.4, -0.2) is 26.7 Å². The lowest BCUT2D eigenvalue weighted by Gasteiger charge is -2.13. The summed E-state index contributed by atoms with van der Waals surface area (Å²) in [6.45, 7) is 0.574. The first-order valence-corrected chi connectivity index (χ1v) is 8.33. The van der Waals surface area contributed by atoms with E-state index in [2.05, 4.69) is 47.0 Å². The molecular formula is C21H22N2O2. The quantitative estimate of drug-likeness (QED) is 0.741. The summed E-state index contributed by atoms with van der Waals surface area (Å²) in [7, 11) is 3.29. The number of methoxy groups -OCH3 is 1. The van der Waals surface area contributed by atoms with Crippen molar-refractivity contribution >= 4 is 16.8 Å². The topological polar surface area (TPSA) is 50.4 Å². The van der Waals surface area contributed by atoms with Crippen LogP contribution in [0.2, 0.25) is 0 Å². The predicted molar refractivity (Wildman–Crippen MR) is 102 cm³/mol. The second-order valence-electron chi connectivity index (χ2n) is 5.84. The summed E-state index contributed by atoms with van der Waals surface area (Å²) >= 11 is 0. The minimum Gasteiger partial charge on any atom is -0.497 e. The molecule has 0 aliphatic rings. The number of hydrogen-bond donors (Lipinski definition) is 2. The predicted octanol–water partition coefficient (Wildman–Crippen LogP) is 3.99. The molecule has 0 unspecified atom stereocenters. The summed E-state index contributed by atoms with van der Waals surface area (Å²) in [5.74, 6) is 0.834. The molecule has 25 heavy (non-hydrogen) atoms. The lowest BCUT2D eigenvalue weighted by molar-refractivity contribution is 0.243. The van der Waals surface area contributed by atoms with Gasteiger partial charge in [0, 0.05) is 13.6 Å². The average molecular weight is 334 g/mol. The van der Waals surface area contributed by atoms with Crippen LogP contribution in [0.15, 0.2) is 60.7 Å². The van der Waals surface area contributed by atoms with Crippen LogP contribution in [0.3, 0.4) is 0 Å². The van der Waals surface area contributed by atoms with E-state index in [0.29, 0.717) is 6.54 Å². The Labute approximate surface area is 147 Å². The van der Waals surface area contributed by atoms with Gasteiger partial charge in [0.2, 0.25) is 0 Å². The van der Waals surface area contributed by atoms with Gasteiger partial charge in [-0.25, -0.2) is 4.79 Å². The molecule has 4 nitrogen and oxygen atoms in total. The van der Waals surface area contributed by atoms with Crippen molar-refractivity contribution in [2.45, 2.75) is 6.42 Å². The van der Waals surface area contributed by atoms with Crippen molar-refractivity contribution in [2.75, 3.05) is 20.7 Å². The van der Waals surface area contributed by atoms with Gasteiger partial charge in [-0.1, -0.05) is 42.5 Å². The summed E-state index contributed by atoms with van der Waals surface area (Å²) in [6.07, 6.45) is 0.748. The molecule has 0 saturated heterocycles. The van der Waals surface area contributed by atoms with Crippen LogP contribution in [-0.2, 0) is 6.42 Å².